The van der Waals surface area contributed by atoms with Crippen molar-refractivity contribution in [2.24, 2.45) is 0 Å². The predicted octanol–water partition coefficient (Wildman–Crippen LogP) is 7.64. The molecule has 0 saturated heterocycles. The second kappa shape index (κ2) is 21.3. The molecule has 2 unspecified atom stereocenters. The lowest BCUT2D eigenvalue weighted by molar-refractivity contribution is -0.340. The lowest BCUT2D eigenvalue weighted by Crippen LogP contribution is -2.57. The van der Waals surface area contributed by atoms with E-state index in [0.29, 0.717) is 12.2 Å². The summed E-state index contributed by atoms with van der Waals surface area (Å²) in [5.74, 6) is -43.4. The molecule has 0 aromatic heterocycles. The fourth-order valence-electron chi connectivity index (χ4n) is 3.35. The zero-order valence-electron chi connectivity index (χ0n) is 27.1. The maximum absolute atomic E-state index is 13.6. The monoisotopic (exact) mass is 862 g/mol. The molecule has 0 amide bonds. The van der Waals surface area contributed by atoms with E-state index >= 15 is 0 Å². The molecule has 314 valence electrons. The first kappa shape index (κ1) is 50.9. The third-order valence-corrected chi connectivity index (χ3v) is 8.52. The molecule has 0 N–H and O–H groups in total. The Hall–Kier alpha value is -3.06. The molecule has 54 heavy (non-hydrogen) atoms. The molecular formula is C28H30F16O8S2. The van der Waals surface area contributed by atoms with E-state index in [0.717, 1.165) is 23.5 Å². The van der Waals surface area contributed by atoms with Crippen LogP contribution in [0, 0.1) is 0 Å². The SMILES string of the molecule is C=CC(=O)OC(CSCCC(=O)OCCC(F)(F)C(F)(F)C(F)(F)C(F)F)C(CSCCC(=O)OCCC(F)(F)C(F)(F)C(F)(F)C(F)F)OC(=O)C=C. The molecule has 0 aromatic rings. The van der Waals surface area contributed by atoms with E-state index in [1.165, 1.54) is 0 Å². The highest BCUT2D eigenvalue weighted by molar-refractivity contribution is 7.99. The third-order valence-electron chi connectivity index (χ3n) is 6.41. The molecule has 0 fully saturated rings. The predicted molar refractivity (Wildman–Crippen MR) is 157 cm³/mol. The van der Waals surface area contributed by atoms with Gasteiger partial charge in [-0.05, 0) is 0 Å². The minimum absolute atomic E-state index is 0.303. The van der Waals surface area contributed by atoms with Gasteiger partial charge in [-0.3, -0.25) is 9.59 Å². The Morgan fingerprint density at radius 1 is 0.556 bits per heavy atom. The molecule has 0 rings (SSSR count). The number of carbonyl (C=O) groups is 4. The van der Waals surface area contributed by atoms with Crippen LogP contribution in [0.2, 0.25) is 0 Å². The van der Waals surface area contributed by atoms with Gasteiger partial charge in [0, 0.05) is 35.2 Å². The van der Waals surface area contributed by atoms with Gasteiger partial charge in [0.05, 0.1) is 38.9 Å². The summed E-state index contributed by atoms with van der Waals surface area (Å²) in [5, 5.41) is 0. The second-order valence-corrected chi connectivity index (χ2v) is 12.7. The van der Waals surface area contributed by atoms with Crippen molar-refractivity contribution in [1.29, 1.82) is 0 Å². The van der Waals surface area contributed by atoms with Gasteiger partial charge in [0.25, 0.3) is 0 Å². The highest BCUT2D eigenvalue weighted by Gasteiger charge is 2.76. The molecule has 0 aliphatic rings. The summed E-state index contributed by atoms with van der Waals surface area (Å²) in [6, 6.07) is 0. The van der Waals surface area contributed by atoms with Crippen molar-refractivity contribution in [3.8, 4) is 0 Å². The van der Waals surface area contributed by atoms with Crippen molar-refractivity contribution >= 4 is 47.4 Å². The van der Waals surface area contributed by atoms with E-state index in [2.05, 4.69) is 22.6 Å². The first-order valence-corrected chi connectivity index (χ1v) is 16.8. The Morgan fingerprint density at radius 2 is 0.852 bits per heavy atom. The quantitative estimate of drug-likeness (QED) is 0.0269. The maximum atomic E-state index is 13.6. The molecule has 8 nitrogen and oxygen atoms in total. The fraction of sp³-hybridized carbons (Fsp3) is 0.714. The van der Waals surface area contributed by atoms with Crippen molar-refractivity contribution in [3.63, 3.8) is 0 Å². The third kappa shape index (κ3) is 14.2. The van der Waals surface area contributed by atoms with Crippen LogP contribution in [0.25, 0.3) is 0 Å². The van der Waals surface area contributed by atoms with Gasteiger partial charge < -0.3 is 18.9 Å². The summed E-state index contributed by atoms with van der Waals surface area (Å²) in [5.41, 5.74) is 0. The van der Waals surface area contributed by atoms with Crippen LogP contribution in [0.15, 0.2) is 25.3 Å². The highest BCUT2D eigenvalue weighted by atomic mass is 32.2. The molecule has 0 radical (unpaired) electrons. The molecule has 0 aromatic carbocycles. The summed E-state index contributed by atoms with van der Waals surface area (Å²) in [6.45, 7) is 3.15. The Morgan fingerprint density at radius 3 is 1.11 bits per heavy atom. The molecule has 0 spiro atoms. The van der Waals surface area contributed by atoms with E-state index in [1.54, 1.807) is 0 Å². The second-order valence-electron chi connectivity index (χ2n) is 10.4. The Kier molecular flexibility index (Phi) is 20.1. The van der Waals surface area contributed by atoms with Gasteiger partial charge in [0.15, 0.2) is 0 Å². The van der Waals surface area contributed by atoms with Crippen LogP contribution >= 0.6 is 23.5 Å². The summed E-state index contributed by atoms with van der Waals surface area (Å²) < 4.78 is 227. The fourth-order valence-corrected chi connectivity index (χ4v) is 5.33. The number of rotatable bonds is 27. The normalized spacial score (nSPS) is 14.3. The lowest BCUT2D eigenvalue weighted by Gasteiger charge is -2.32. The van der Waals surface area contributed by atoms with Gasteiger partial charge >= 0.3 is 72.3 Å². The van der Waals surface area contributed by atoms with Crippen LogP contribution < -0.4 is 0 Å². The van der Waals surface area contributed by atoms with Crippen LogP contribution in [-0.4, -0.2) is 121 Å². The number of halogens is 16. The average molecular weight is 863 g/mol. The van der Waals surface area contributed by atoms with Crippen molar-refractivity contribution < 1.29 is 108 Å². The van der Waals surface area contributed by atoms with E-state index in [9.17, 15) is 89.4 Å². The summed E-state index contributed by atoms with van der Waals surface area (Å²) in [4.78, 5) is 47.5. The van der Waals surface area contributed by atoms with Crippen LogP contribution in [0.4, 0.5) is 70.2 Å². The minimum atomic E-state index is -6.50. The molecule has 0 saturated carbocycles. The van der Waals surface area contributed by atoms with E-state index in [1.807, 2.05) is 0 Å². The largest absolute Gasteiger partial charge is 0.465 e. The molecule has 2 atom stereocenters. The summed E-state index contributed by atoms with van der Waals surface area (Å²) in [6.07, 6.45) is -17.6. The molecule has 0 heterocycles. The van der Waals surface area contributed by atoms with Gasteiger partial charge in [-0.25, -0.2) is 27.2 Å². The minimum Gasteiger partial charge on any atom is -0.465 e. The van der Waals surface area contributed by atoms with Gasteiger partial charge in [0.2, 0.25) is 0 Å². The Balaban J connectivity index is 5.19. The molecule has 26 heteroatoms. The van der Waals surface area contributed by atoms with Gasteiger partial charge in [-0.15, -0.1) is 0 Å². The van der Waals surface area contributed by atoms with Crippen LogP contribution in [-0.2, 0) is 38.1 Å². The number of esters is 4. The topological polar surface area (TPSA) is 105 Å². The number of hydrogen-bond donors (Lipinski definition) is 0. The highest BCUT2D eigenvalue weighted by Crippen LogP contribution is 2.51. The van der Waals surface area contributed by atoms with Gasteiger partial charge in [-0.2, -0.15) is 76.2 Å². The number of ether oxygens (including phenoxy) is 4. The van der Waals surface area contributed by atoms with Crippen LogP contribution in [0.1, 0.15) is 25.7 Å². The van der Waals surface area contributed by atoms with Crippen LogP contribution in [0.5, 0.6) is 0 Å². The zero-order valence-corrected chi connectivity index (χ0v) is 28.7. The van der Waals surface area contributed by atoms with Crippen molar-refractivity contribution in [3.05, 3.63) is 25.3 Å². The summed E-state index contributed by atoms with van der Waals surface area (Å²) in [7, 11) is 0. The van der Waals surface area contributed by atoms with E-state index < -0.39 is 123 Å². The van der Waals surface area contributed by atoms with Crippen molar-refractivity contribution in [2.75, 3.05) is 36.2 Å². The molecule has 0 bridgehead atoms. The molecular weight excluding hydrogens is 832 g/mol. The molecule has 0 aliphatic heterocycles. The first-order valence-electron chi connectivity index (χ1n) is 14.5. The maximum Gasteiger partial charge on any atom is 0.377 e. The number of hydrogen-bond acceptors (Lipinski definition) is 10. The number of carbonyl (C=O) groups excluding carboxylic acids is 4. The smallest absolute Gasteiger partial charge is 0.377 e. The van der Waals surface area contributed by atoms with E-state index in [-0.39, 0.29) is 23.0 Å². The van der Waals surface area contributed by atoms with Gasteiger partial charge in [0.1, 0.15) is 12.2 Å². The van der Waals surface area contributed by atoms with Crippen molar-refractivity contribution in [1.82, 2.24) is 0 Å². The summed E-state index contributed by atoms with van der Waals surface area (Å²) >= 11 is 1.50. The Bertz CT molecular complexity index is 1180. The number of alkyl halides is 16. The molecule has 0 aliphatic carbocycles. The number of thioether (sulfide) groups is 2. The lowest BCUT2D eigenvalue weighted by atomic mass is 10.0. The first-order chi connectivity index (χ1) is 24.5. The van der Waals surface area contributed by atoms with Crippen LogP contribution in [0.3, 0.4) is 0 Å². The van der Waals surface area contributed by atoms with Gasteiger partial charge in [-0.1, -0.05) is 13.2 Å². The zero-order chi connectivity index (χ0) is 42.3. The van der Waals surface area contributed by atoms with E-state index in [4.69, 9.17) is 9.47 Å². The van der Waals surface area contributed by atoms with Crippen molar-refractivity contribution in [2.45, 2.75) is 86.3 Å². The Labute approximate surface area is 303 Å². The average Bonchev–Trinajstić information content (AvgIpc) is 3.06. The standard InChI is InChI=1S/C28H30F16O8S2/c1-3-17(45)51-15(13-53-11-5-19(47)49-9-7-23(33,34)27(41,42)25(37,38)21(29)30)16(52-18(46)4-2)14-54-12-6-20(48)50-10-8-24(35,36)28(43,44)26(39,40)22(31)32/h3-4,15-16,21-22H,1-2,5-14H2.